The Morgan fingerprint density at radius 3 is 2.47 bits per heavy atom. The lowest BCUT2D eigenvalue weighted by atomic mass is 10.1. The van der Waals surface area contributed by atoms with Gasteiger partial charge >= 0.3 is 5.97 Å². The van der Waals surface area contributed by atoms with Gasteiger partial charge in [0.15, 0.2) is 0 Å². The van der Waals surface area contributed by atoms with Crippen LogP contribution in [0.5, 0.6) is 0 Å². The van der Waals surface area contributed by atoms with Gasteiger partial charge in [0, 0.05) is 11.5 Å². The summed E-state index contributed by atoms with van der Waals surface area (Å²) in [5.74, 6) is 1.11. The monoisotopic (exact) mass is 253 g/mol. The molecule has 0 radical (unpaired) electrons. The fourth-order valence-electron chi connectivity index (χ4n) is 1.39. The number of ether oxygens (including phenoxy) is 1. The molecule has 1 rings (SSSR count). The van der Waals surface area contributed by atoms with Crippen molar-refractivity contribution in [1.29, 1.82) is 0 Å². The van der Waals surface area contributed by atoms with E-state index < -0.39 is 6.04 Å². The number of hydrogen-bond donors (Lipinski definition) is 1. The number of nitrogens with two attached hydrogens (primary N) is 1. The van der Waals surface area contributed by atoms with Gasteiger partial charge in [-0.1, -0.05) is 31.2 Å². The number of esters is 1. The van der Waals surface area contributed by atoms with Crippen molar-refractivity contribution in [3.8, 4) is 0 Å². The first-order valence-corrected chi connectivity index (χ1v) is 6.81. The van der Waals surface area contributed by atoms with Gasteiger partial charge in [-0.05, 0) is 17.5 Å². The topological polar surface area (TPSA) is 52.3 Å². The molecule has 0 spiro atoms. The smallest absolute Gasteiger partial charge is 0.323 e. The van der Waals surface area contributed by atoms with Crippen LogP contribution in [0.1, 0.15) is 18.1 Å². The quantitative estimate of drug-likeness (QED) is 0.788. The Hall–Kier alpha value is -1.00. The first kappa shape index (κ1) is 14.1. The van der Waals surface area contributed by atoms with Crippen molar-refractivity contribution in [1.82, 2.24) is 0 Å². The molecule has 0 heterocycles. The molecule has 0 saturated heterocycles. The van der Waals surface area contributed by atoms with Crippen LogP contribution in [0.2, 0.25) is 0 Å². The molecule has 3 nitrogen and oxygen atoms in total. The average molecular weight is 253 g/mol. The van der Waals surface area contributed by atoms with Gasteiger partial charge < -0.3 is 10.5 Å². The normalized spacial score (nSPS) is 12.2. The van der Waals surface area contributed by atoms with E-state index in [9.17, 15) is 4.79 Å². The second kappa shape index (κ2) is 7.35. The van der Waals surface area contributed by atoms with Crippen LogP contribution in [0.15, 0.2) is 24.3 Å². The van der Waals surface area contributed by atoms with Gasteiger partial charge in [0.2, 0.25) is 0 Å². The second-order valence-corrected chi connectivity index (χ2v) is 4.85. The van der Waals surface area contributed by atoms with Crippen LogP contribution in [0.25, 0.3) is 0 Å². The van der Waals surface area contributed by atoms with Crippen LogP contribution >= 0.6 is 11.8 Å². The third-order valence-corrected chi connectivity index (χ3v) is 3.63. The summed E-state index contributed by atoms with van der Waals surface area (Å²) in [6.45, 7) is 2.14. The minimum atomic E-state index is -0.528. The maximum absolute atomic E-state index is 11.1. The van der Waals surface area contributed by atoms with Crippen LogP contribution < -0.4 is 5.73 Å². The number of hydrogen-bond acceptors (Lipinski definition) is 4. The molecule has 1 atom stereocenters. The summed E-state index contributed by atoms with van der Waals surface area (Å²) in [5, 5.41) is 0. The molecular formula is C13H19NO2S. The number of thioether (sulfide) groups is 1. The van der Waals surface area contributed by atoms with E-state index in [0.29, 0.717) is 5.75 Å². The highest BCUT2D eigenvalue weighted by atomic mass is 32.2. The van der Waals surface area contributed by atoms with E-state index in [1.807, 2.05) is 0 Å². The van der Waals surface area contributed by atoms with E-state index >= 15 is 0 Å². The average Bonchev–Trinajstić information content (AvgIpc) is 2.38. The molecule has 17 heavy (non-hydrogen) atoms. The number of rotatable bonds is 6. The molecule has 0 aromatic heterocycles. The Kier molecular flexibility index (Phi) is 6.08. The Balaban J connectivity index is 2.33. The summed E-state index contributed by atoms with van der Waals surface area (Å²) in [6, 6.07) is 7.98. The fraction of sp³-hybridized carbons (Fsp3) is 0.462. The highest BCUT2D eigenvalue weighted by molar-refractivity contribution is 7.98. The van der Waals surface area contributed by atoms with E-state index in [4.69, 9.17) is 5.73 Å². The largest absolute Gasteiger partial charge is 0.468 e. The SMILES string of the molecule is CCc1ccc(CSCC(N)C(=O)OC)cc1. The van der Waals surface area contributed by atoms with Crippen molar-refractivity contribution in [2.75, 3.05) is 12.9 Å². The highest BCUT2D eigenvalue weighted by Crippen LogP contribution is 2.14. The van der Waals surface area contributed by atoms with E-state index in [1.165, 1.54) is 18.2 Å². The molecule has 0 aliphatic carbocycles. The number of carbonyl (C=O) groups is 1. The third kappa shape index (κ3) is 4.79. The predicted molar refractivity (Wildman–Crippen MR) is 72.0 cm³/mol. The molecule has 0 aliphatic heterocycles. The fourth-order valence-corrected chi connectivity index (χ4v) is 2.33. The van der Waals surface area contributed by atoms with Crippen molar-refractivity contribution in [2.45, 2.75) is 25.1 Å². The minimum Gasteiger partial charge on any atom is -0.468 e. The highest BCUT2D eigenvalue weighted by Gasteiger charge is 2.12. The maximum atomic E-state index is 11.1. The van der Waals surface area contributed by atoms with Crippen molar-refractivity contribution in [3.63, 3.8) is 0 Å². The lowest BCUT2D eigenvalue weighted by Crippen LogP contribution is -2.33. The number of benzene rings is 1. The standard InChI is InChI=1S/C13H19NO2S/c1-3-10-4-6-11(7-5-10)8-17-9-12(14)13(15)16-2/h4-7,12H,3,8-9,14H2,1-2H3. The van der Waals surface area contributed by atoms with E-state index in [-0.39, 0.29) is 5.97 Å². The van der Waals surface area contributed by atoms with Crippen LogP contribution in [-0.4, -0.2) is 24.9 Å². The molecule has 0 fully saturated rings. The lowest BCUT2D eigenvalue weighted by Gasteiger charge is -2.08. The predicted octanol–water partition coefficient (Wildman–Crippen LogP) is 1.98. The molecular weight excluding hydrogens is 234 g/mol. The molecule has 0 amide bonds. The van der Waals surface area contributed by atoms with Crippen molar-refractivity contribution in [2.24, 2.45) is 5.73 Å². The summed E-state index contributed by atoms with van der Waals surface area (Å²) in [7, 11) is 1.36. The summed E-state index contributed by atoms with van der Waals surface area (Å²) in [6.07, 6.45) is 1.06. The van der Waals surface area contributed by atoms with Crippen LogP contribution in [0.4, 0.5) is 0 Å². The van der Waals surface area contributed by atoms with Crippen molar-refractivity contribution in [3.05, 3.63) is 35.4 Å². The zero-order valence-electron chi connectivity index (χ0n) is 10.3. The Labute approximate surface area is 107 Å². The Morgan fingerprint density at radius 2 is 1.94 bits per heavy atom. The number of methoxy groups -OCH3 is 1. The number of carbonyl (C=O) groups excluding carboxylic acids is 1. The maximum Gasteiger partial charge on any atom is 0.323 e. The molecule has 1 unspecified atom stereocenters. The zero-order valence-corrected chi connectivity index (χ0v) is 11.1. The van der Waals surface area contributed by atoms with Crippen molar-refractivity contribution >= 4 is 17.7 Å². The molecule has 0 aliphatic rings. The van der Waals surface area contributed by atoms with Gasteiger partial charge in [0.1, 0.15) is 6.04 Å². The lowest BCUT2D eigenvalue weighted by molar-refractivity contribution is -0.141. The summed E-state index contributed by atoms with van der Waals surface area (Å²) >= 11 is 1.65. The molecule has 2 N–H and O–H groups in total. The van der Waals surface area contributed by atoms with Gasteiger partial charge in [0.05, 0.1) is 7.11 Å². The molecule has 0 bridgehead atoms. The van der Waals surface area contributed by atoms with E-state index in [1.54, 1.807) is 11.8 Å². The molecule has 1 aromatic rings. The Bertz CT molecular complexity index is 351. The van der Waals surface area contributed by atoms with Gasteiger partial charge in [-0.2, -0.15) is 11.8 Å². The van der Waals surface area contributed by atoms with Gasteiger partial charge in [0.25, 0.3) is 0 Å². The summed E-state index contributed by atoms with van der Waals surface area (Å²) < 4.78 is 4.57. The number of aryl methyl sites for hydroxylation is 1. The van der Waals surface area contributed by atoms with Crippen LogP contribution in [0.3, 0.4) is 0 Å². The van der Waals surface area contributed by atoms with E-state index in [0.717, 1.165) is 12.2 Å². The summed E-state index contributed by atoms with van der Waals surface area (Å²) in [4.78, 5) is 11.1. The molecule has 0 saturated carbocycles. The van der Waals surface area contributed by atoms with Crippen molar-refractivity contribution < 1.29 is 9.53 Å². The van der Waals surface area contributed by atoms with Crippen LogP contribution in [-0.2, 0) is 21.7 Å². The first-order chi connectivity index (χ1) is 8.17. The van der Waals surface area contributed by atoms with Gasteiger partial charge in [-0.3, -0.25) is 4.79 Å². The molecule has 4 heteroatoms. The minimum absolute atomic E-state index is 0.348. The van der Waals surface area contributed by atoms with E-state index in [2.05, 4.69) is 35.9 Å². The second-order valence-electron chi connectivity index (χ2n) is 3.81. The first-order valence-electron chi connectivity index (χ1n) is 5.66. The zero-order chi connectivity index (χ0) is 12.7. The summed E-state index contributed by atoms with van der Waals surface area (Å²) in [5.41, 5.74) is 8.23. The Morgan fingerprint density at radius 1 is 1.35 bits per heavy atom. The van der Waals surface area contributed by atoms with Gasteiger partial charge in [-0.15, -0.1) is 0 Å². The molecule has 1 aromatic carbocycles. The third-order valence-electron chi connectivity index (χ3n) is 2.50. The van der Waals surface area contributed by atoms with Crippen LogP contribution in [0, 0.1) is 0 Å². The van der Waals surface area contributed by atoms with Gasteiger partial charge in [-0.25, -0.2) is 0 Å². The molecule has 94 valence electrons.